The monoisotopic (exact) mass is 182 g/mol. The van der Waals surface area contributed by atoms with Gasteiger partial charge in [-0.2, -0.15) is 5.10 Å². The van der Waals surface area contributed by atoms with Gasteiger partial charge >= 0.3 is 5.97 Å². The lowest BCUT2D eigenvalue weighted by Gasteiger charge is -2.10. The predicted octanol–water partition coefficient (Wildman–Crippen LogP) is 0.416. The number of nitrogens with zero attached hydrogens (tertiary/aromatic N) is 2. The summed E-state index contributed by atoms with van der Waals surface area (Å²) < 4.78 is 6.89. The zero-order valence-corrected chi connectivity index (χ0v) is 7.23. The van der Waals surface area contributed by atoms with Crippen LogP contribution in [0.3, 0.4) is 0 Å². The first-order chi connectivity index (χ1) is 6.12. The molecule has 1 aliphatic carbocycles. The normalized spacial score (nSPS) is 18.2. The van der Waals surface area contributed by atoms with E-state index in [9.17, 15) is 4.79 Å². The Bertz CT molecular complexity index is 341. The molecule has 0 bridgehead atoms. The molecule has 1 fully saturated rings. The summed E-state index contributed by atoms with van der Waals surface area (Å²) in [5, 5.41) is 12.7. The summed E-state index contributed by atoms with van der Waals surface area (Å²) in [5.74, 6) is -0.376. The van der Waals surface area contributed by atoms with Crippen molar-refractivity contribution in [1.29, 1.82) is 0 Å². The molecule has 0 radical (unpaired) electrons. The molecular formula is C8H10N2O3. The van der Waals surface area contributed by atoms with Crippen molar-refractivity contribution in [2.24, 2.45) is 7.05 Å². The molecule has 0 aliphatic heterocycles. The van der Waals surface area contributed by atoms with Crippen LogP contribution in [0.1, 0.15) is 12.8 Å². The van der Waals surface area contributed by atoms with Crippen LogP contribution < -0.4 is 4.74 Å². The molecule has 13 heavy (non-hydrogen) atoms. The molecule has 1 heterocycles. The molecular weight excluding hydrogens is 172 g/mol. The molecule has 1 saturated carbocycles. The standard InChI is InChI=1S/C8H10N2O3/c1-10-5-6(4-9-10)13-8(2-3-8)7(11)12/h4-5H,2-3H2,1H3,(H,11,12). The summed E-state index contributed by atoms with van der Waals surface area (Å²) in [4.78, 5) is 10.7. The van der Waals surface area contributed by atoms with Crippen LogP contribution in [-0.2, 0) is 11.8 Å². The van der Waals surface area contributed by atoms with Crippen LogP contribution in [0, 0.1) is 0 Å². The van der Waals surface area contributed by atoms with Crippen molar-refractivity contribution >= 4 is 5.97 Å². The maximum Gasteiger partial charge on any atom is 0.348 e. The third-order valence-electron chi connectivity index (χ3n) is 2.09. The second-order valence-electron chi connectivity index (χ2n) is 3.25. The largest absolute Gasteiger partial charge is 0.478 e. The maximum absolute atomic E-state index is 10.7. The van der Waals surface area contributed by atoms with Crippen LogP contribution in [0.4, 0.5) is 0 Å². The topological polar surface area (TPSA) is 64.3 Å². The minimum absolute atomic E-state index is 0.516. The van der Waals surface area contributed by atoms with Gasteiger partial charge in [0, 0.05) is 19.9 Å². The highest BCUT2D eigenvalue weighted by molar-refractivity contribution is 5.81. The molecule has 0 amide bonds. The first-order valence-corrected chi connectivity index (χ1v) is 4.03. The Kier molecular flexibility index (Phi) is 1.55. The number of ether oxygens (including phenoxy) is 1. The van der Waals surface area contributed by atoms with Crippen molar-refractivity contribution in [1.82, 2.24) is 9.78 Å². The SMILES string of the molecule is Cn1cc(OC2(C(=O)O)CC2)cn1. The third-order valence-corrected chi connectivity index (χ3v) is 2.09. The number of carboxylic acid groups (broad SMARTS) is 1. The van der Waals surface area contributed by atoms with E-state index in [2.05, 4.69) is 5.10 Å². The van der Waals surface area contributed by atoms with Gasteiger partial charge in [0.2, 0.25) is 5.60 Å². The van der Waals surface area contributed by atoms with Crippen molar-refractivity contribution in [2.45, 2.75) is 18.4 Å². The van der Waals surface area contributed by atoms with E-state index < -0.39 is 11.6 Å². The highest BCUT2D eigenvalue weighted by atomic mass is 16.5. The first-order valence-electron chi connectivity index (χ1n) is 4.03. The van der Waals surface area contributed by atoms with Crippen molar-refractivity contribution in [3.8, 4) is 5.75 Å². The van der Waals surface area contributed by atoms with E-state index >= 15 is 0 Å². The van der Waals surface area contributed by atoms with Crippen LogP contribution >= 0.6 is 0 Å². The highest BCUT2D eigenvalue weighted by Crippen LogP contribution is 2.40. The number of aryl methyl sites for hydroxylation is 1. The van der Waals surface area contributed by atoms with Gasteiger partial charge in [0.25, 0.3) is 0 Å². The second kappa shape index (κ2) is 2.48. The van der Waals surface area contributed by atoms with Crippen LogP contribution in [0.15, 0.2) is 12.4 Å². The van der Waals surface area contributed by atoms with Gasteiger partial charge in [0.15, 0.2) is 5.75 Å². The summed E-state index contributed by atoms with van der Waals surface area (Å²) in [6.07, 6.45) is 4.33. The lowest BCUT2D eigenvalue weighted by molar-refractivity contribution is -0.147. The van der Waals surface area contributed by atoms with Crippen LogP contribution in [0.5, 0.6) is 5.75 Å². The van der Waals surface area contributed by atoms with Gasteiger partial charge in [0.05, 0.1) is 12.4 Å². The van der Waals surface area contributed by atoms with E-state index in [1.807, 2.05) is 0 Å². The zero-order valence-electron chi connectivity index (χ0n) is 7.23. The van der Waals surface area contributed by atoms with Gasteiger partial charge in [-0.15, -0.1) is 0 Å². The second-order valence-corrected chi connectivity index (χ2v) is 3.25. The number of hydrogen-bond acceptors (Lipinski definition) is 3. The molecule has 1 aliphatic rings. The number of carbonyl (C=O) groups is 1. The molecule has 1 aromatic heterocycles. The molecule has 70 valence electrons. The predicted molar refractivity (Wildman–Crippen MR) is 43.4 cm³/mol. The lowest BCUT2D eigenvalue weighted by Crippen LogP contribution is -2.28. The fraction of sp³-hybridized carbons (Fsp3) is 0.500. The maximum atomic E-state index is 10.7. The van der Waals surface area contributed by atoms with E-state index in [-0.39, 0.29) is 0 Å². The molecule has 0 spiro atoms. The Balaban J connectivity index is 2.10. The Hall–Kier alpha value is -1.52. The average molecular weight is 182 g/mol. The van der Waals surface area contributed by atoms with Crippen molar-refractivity contribution in [2.75, 3.05) is 0 Å². The quantitative estimate of drug-likeness (QED) is 0.735. The number of aromatic nitrogens is 2. The van der Waals surface area contributed by atoms with E-state index in [1.54, 1.807) is 17.9 Å². The Morgan fingerprint density at radius 1 is 1.77 bits per heavy atom. The number of carboxylic acids is 1. The summed E-state index contributed by atoms with van der Waals surface area (Å²) in [5.41, 5.74) is -0.969. The van der Waals surface area contributed by atoms with E-state index in [0.29, 0.717) is 18.6 Å². The number of rotatable bonds is 3. The van der Waals surface area contributed by atoms with Crippen LogP contribution in [0.25, 0.3) is 0 Å². The lowest BCUT2D eigenvalue weighted by atomic mass is 10.3. The fourth-order valence-electron chi connectivity index (χ4n) is 1.15. The first kappa shape index (κ1) is 8.10. The van der Waals surface area contributed by atoms with Gasteiger partial charge in [-0.1, -0.05) is 0 Å². The Morgan fingerprint density at radius 3 is 2.85 bits per heavy atom. The van der Waals surface area contributed by atoms with Gasteiger partial charge < -0.3 is 9.84 Å². The average Bonchev–Trinajstić information content (AvgIpc) is 2.72. The van der Waals surface area contributed by atoms with E-state index in [0.717, 1.165) is 0 Å². The zero-order chi connectivity index (χ0) is 9.47. The van der Waals surface area contributed by atoms with Crippen molar-refractivity contribution < 1.29 is 14.6 Å². The summed E-state index contributed by atoms with van der Waals surface area (Å²) >= 11 is 0. The molecule has 0 atom stereocenters. The van der Waals surface area contributed by atoms with E-state index in [4.69, 9.17) is 9.84 Å². The summed E-state index contributed by atoms with van der Waals surface area (Å²) in [7, 11) is 1.76. The molecule has 1 N–H and O–H groups in total. The molecule has 5 nitrogen and oxygen atoms in total. The van der Waals surface area contributed by atoms with Gasteiger partial charge in [-0.3, -0.25) is 4.68 Å². The molecule has 0 aromatic carbocycles. The Labute approximate surface area is 74.9 Å². The smallest absolute Gasteiger partial charge is 0.348 e. The number of hydrogen-bond donors (Lipinski definition) is 1. The molecule has 0 saturated heterocycles. The number of aliphatic carboxylic acids is 1. The van der Waals surface area contributed by atoms with Gasteiger partial charge in [-0.25, -0.2) is 4.79 Å². The van der Waals surface area contributed by atoms with Crippen molar-refractivity contribution in [3.63, 3.8) is 0 Å². The fourth-order valence-corrected chi connectivity index (χ4v) is 1.15. The van der Waals surface area contributed by atoms with Crippen LogP contribution in [0.2, 0.25) is 0 Å². The Morgan fingerprint density at radius 2 is 2.46 bits per heavy atom. The van der Waals surface area contributed by atoms with Gasteiger partial charge in [0.1, 0.15) is 0 Å². The molecule has 0 unspecified atom stereocenters. The third kappa shape index (κ3) is 1.37. The van der Waals surface area contributed by atoms with E-state index in [1.165, 1.54) is 6.20 Å². The molecule has 2 rings (SSSR count). The molecule has 5 heteroatoms. The minimum atomic E-state index is -0.969. The molecule has 1 aromatic rings. The van der Waals surface area contributed by atoms with Crippen molar-refractivity contribution in [3.05, 3.63) is 12.4 Å². The van der Waals surface area contributed by atoms with Gasteiger partial charge in [-0.05, 0) is 0 Å². The van der Waals surface area contributed by atoms with Crippen LogP contribution in [-0.4, -0.2) is 26.5 Å². The summed E-state index contributed by atoms with van der Waals surface area (Å²) in [6, 6.07) is 0. The minimum Gasteiger partial charge on any atom is -0.478 e. The highest BCUT2D eigenvalue weighted by Gasteiger charge is 2.53. The summed E-state index contributed by atoms with van der Waals surface area (Å²) in [6.45, 7) is 0.